The Bertz CT molecular complexity index is 596. The van der Waals surface area contributed by atoms with Crippen molar-refractivity contribution in [2.45, 2.75) is 18.0 Å². The molecular formula is C11H11ClF3NO2S. The van der Waals surface area contributed by atoms with Crippen molar-refractivity contribution < 1.29 is 21.6 Å². The first-order chi connectivity index (χ1) is 8.55. The molecule has 0 aliphatic rings. The van der Waals surface area contributed by atoms with Gasteiger partial charge in [-0.3, -0.25) is 0 Å². The van der Waals surface area contributed by atoms with E-state index in [1.165, 1.54) is 0 Å². The van der Waals surface area contributed by atoms with E-state index in [0.717, 1.165) is 25.1 Å². The van der Waals surface area contributed by atoms with Crippen LogP contribution in [-0.2, 0) is 16.2 Å². The zero-order valence-electron chi connectivity index (χ0n) is 9.88. The first-order valence-corrected chi connectivity index (χ1v) is 6.91. The number of nitrogens with one attached hydrogen (secondary N) is 1. The summed E-state index contributed by atoms with van der Waals surface area (Å²) in [4.78, 5) is -0.430. The highest BCUT2D eigenvalue weighted by Crippen LogP contribution is 2.34. The summed E-state index contributed by atoms with van der Waals surface area (Å²) in [5.74, 6) is 0. The predicted octanol–water partition coefficient (Wildman–Crippen LogP) is 3.04. The van der Waals surface area contributed by atoms with Crippen LogP contribution in [0.5, 0.6) is 0 Å². The Labute approximate surface area is 114 Å². The van der Waals surface area contributed by atoms with Crippen LogP contribution in [0, 0.1) is 6.92 Å². The third-order valence-electron chi connectivity index (χ3n) is 2.33. The summed E-state index contributed by atoms with van der Waals surface area (Å²) in [5, 5.41) is 0.0354. The summed E-state index contributed by atoms with van der Waals surface area (Å²) < 4.78 is 63.8. The van der Waals surface area contributed by atoms with Crippen LogP contribution >= 0.6 is 11.6 Å². The van der Waals surface area contributed by atoms with Gasteiger partial charge >= 0.3 is 6.18 Å². The number of alkyl halides is 3. The first-order valence-electron chi connectivity index (χ1n) is 5.05. The Morgan fingerprint density at radius 2 is 2.00 bits per heavy atom. The lowest BCUT2D eigenvalue weighted by Crippen LogP contribution is -2.26. The van der Waals surface area contributed by atoms with Gasteiger partial charge in [-0.05, 0) is 24.6 Å². The van der Waals surface area contributed by atoms with Gasteiger partial charge in [-0.2, -0.15) is 13.2 Å². The molecule has 0 bridgehead atoms. The fourth-order valence-electron chi connectivity index (χ4n) is 1.46. The van der Waals surface area contributed by atoms with E-state index in [4.69, 9.17) is 11.6 Å². The lowest BCUT2D eigenvalue weighted by molar-refractivity contribution is -0.138. The quantitative estimate of drug-likeness (QED) is 0.928. The predicted molar refractivity (Wildman–Crippen MR) is 66.4 cm³/mol. The molecule has 0 unspecified atom stereocenters. The molecule has 0 aliphatic carbocycles. The monoisotopic (exact) mass is 313 g/mol. The second-order valence-electron chi connectivity index (χ2n) is 3.77. The van der Waals surface area contributed by atoms with E-state index in [1.807, 2.05) is 0 Å². The molecule has 0 spiro atoms. The Hall–Kier alpha value is -1.05. The van der Waals surface area contributed by atoms with E-state index in [-0.39, 0.29) is 17.1 Å². The van der Waals surface area contributed by atoms with Crippen molar-refractivity contribution >= 4 is 21.6 Å². The zero-order chi connectivity index (χ0) is 14.8. The molecular weight excluding hydrogens is 303 g/mol. The van der Waals surface area contributed by atoms with Gasteiger partial charge in [-0.25, -0.2) is 13.1 Å². The number of hydrogen-bond donors (Lipinski definition) is 1. The molecule has 1 aromatic rings. The number of halogens is 4. The van der Waals surface area contributed by atoms with Gasteiger partial charge in [0, 0.05) is 11.6 Å². The Morgan fingerprint density at radius 1 is 1.42 bits per heavy atom. The summed E-state index contributed by atoms with van der Waals surface area (Å²) in [6, 6.07) is 2.97. The van der Waals surface area contributed by atoms with E-state index in [1.54, 1.807) is 0 Å². The fourth-order valence-corrected chi connectivity index (χ4v) is 2.90. The van der Waals surface area contributed by atoms with Crippen LogP contribution < -0.4 is 4.72 Å². The van der Waals surface area contributed by atoms with Crippen LogP contribution in [0.1, 0.15) is 11.1 Å². The van der Waals surface area contributed by atoms with Crippen molar-refractivity contribution in [2.75, 3.05) is 6.54 Å². The van der Waals surface area contributed by atoms with Gasteiger partial charge in [0.25, 0.3) is 0 Å². The summed E-state index contributed by atoms with van der Waals surface area (Å²) in [6.45, 7) is 4.14. The van der Waals surface area contributed by atoms with Gasteiger partial charge in [0.15, 0.2) is 0 Å². The van der Waals surface area contributed by atoms with Crippen LogP contribution in [0.25, 0.3) is 0 Å². The third-order valence-corrected chi connectivity index (χ3v) is 4.01. The van der Waals surface area contributed by atoms with Gasteiger partial charge in [0.05, 0.1) is 10.5 Å². The van der Waals surface area contributed by atoms with Crippen LogP contribution in [0.2, 0.25) is 0 Å². The molecule has 1 N–H and O–H groups in total. The maximum Gasteiger partial charge on any atom is 0.416 e. The first kappa shape index (κ1) is 16.0. The van der Waals surface area contributed by atoms with E-state index >= 15 is 0 Å². The second-order valence-corrected chi connectivity index (χ2v) is 6.04. The number of benzene rings is 1. The molecule has 0 saturated heterocycles. The molecule has 8 heteroatoms. The van der Waals surface area contributed by atoms with Crippen molar-refractivity contribution in [3.05, 3.63) is 40.9 Å². The second kappa shape index (κ2) is 5.52. The van der Waals surface area contributed by atoms with E-state index in [0.29, 0.717) is 0 Å². The minimum atomic E-state index is -4.61. The van der Waals surface area contributed by atoms with Gasteiger partial charge in [0.1, 0.15) is 0 Å². The molecule has 0 amide bonds. The van der Waals surface area contributed by atoms with Crippen molar-refractivity contribution in [3.63, 3.8) is 0 Å². The van der Waals surface area contributed by atoms with Gasteiger partial charge in [-0.1, -0.05) is 24.2 Å². The van der Waals surface area contributed by atoms with Crippen molar-refractivity contribution in [1.82, 2.24) is 4.72 Å². The molecule has 0 fully saturated rings. The topological polar surface area (TPSA) is 46.2 Å². The van der Waals surface area contributed by atoms with Crippen LogP contribution in [0.4, 0.5) is 13.2 Å². The molecule has 3 nitrogen and oxygen atoms in total. The normalized spacial score (nSPS) is 12.5. The summed E-state index contributed by atoms with van der Waals surface area (Å²) in [6.07, 6.45) is -4.61. The van der Waals surface area contributed by atoms with Gasteiger partial charge in [0.2, 0.25) is 10.0 Å². The fraction of sp³-hybridized carbons (Fsp3) is 0.273. The van der Waals surface area contributed by atoms with Crippen molar-refractivity contribution in [1.29, 1.82) is 0 Å². The molecule has 1 rings (SSSR count). The minimum Gasteiger partial charge on any atom is -0.207 e. The van der Waals surface area contributed by atoms with Crippen LogP contribution in [0.15, 0.2) is 34.7 Å². The number of rotatable bonds is 4. The SMILES string of the molecule is C=C(Cl)CNS(=O)(=O)c1cccc(C(F)(F)F)c1C. The van der Waals surface area contributed by atoms with E-state index < -0.39 is 26.7 Å². The van der Waals surface area contributed by atoms with Crippen molar-refractivity contribution in [2.24, 2.45) is 0 Å². The average molecular weight is 314 g/mol. The van der Waals surface area contributed by atoms with Gasteiger partial charge < -0.3 is 0 Å². The summed E-state index contributed by atoms with van der Waals surface area (Å²) in [7, 11) is -4.06. The van der Waals surface area contributed by atoms with Gasteiger partial charge in [-0.15, -0.1) is 0 Å². The lowest BCUT2D eigenvalue weighted by Gasteiger charge is -2.14. The molecule has 0 radical (unpaired) electrons. The van der Waals surface area contributed by atoms with Crippen LogP contribution in [-0.4, -0.2) is 15.0 Å². The molecule has 0 aromatic heterocycles. The van der Waals surface area contributed by atoms with Crippen LogP contribution in [0.3, 0.4) is 0 Å². The maximum absolute atomic E-state index is 12.7. The van der Waals surface area contributed by atoms with E-state index in [9.17, 15) is 21.6 Å². The molecule has 0 atom stereocenters. The average Bonchev–Trinajstić information content (AvgIpc) is 2.25. The highest BCUT2D eigenvalue weighted by Gasteiger charge is 2.34. The Morgan fingerprint density at radius 3 is 2.47 bits per heavy atom. The summed E-state index contributed by atoms with van der Waals surface area (Å²) >= 11 is 5.41. The molecule has 0 aliphatic heterocycles. The highest BCUT2D eigenvalue weighted by atomic mass is 35.5. The highest BCUT2D eigenvalue weighted by molar-refractivity contribution is 7.89. The molecule has 0 heterocycles. The van der Waals surface area contributed by atoms with Crippen molar-refractivity contribution in [3.8, 4) is 0 Å². The summed E-state index contributed by atoms with van der Waals surface area (Å²) in [5.41, 5.74) is -1.34. The Kier molecular flexibility index (Phi) is 4.65. The number of hydrogen-bond acceptors (Lipinski definition) is 2. The lowest BCUT2D eigenvalue weighted by atomic mass is 10.1. The molecule has 106 valence electrons. The molecule has 1 aromatic carbocycles. The molecule has 19 heavy (non-hydrogen) atoms. The smallest absolute Gasteiger partial charge is 0.207 e. The zero-order valence-corrected chi connectivity index (χ0v) is 11.5. The number of sulfonamides is 1. The molecule has 0 saturated carbocycles. The largest absolute Gasteiger partial charge is 0.416 e. The standard InChI is InChI=1S/C11H11ClF3NO2S/c1-7(12)6-16-19(17,18)10-5-3-4-9(8(10)2)11(13,14)15/h3-5,16H,1,6H2,2H3. The van der Waals surface area contributed by atoms with E-state index in [2.05, 4.69) is 11.3 Å². The minimum absolute atomic E-state index is 0.0354. The third kappa shape index (κ3) is 3.95. The maximum atomic E-state index is 12.7. The Balaban J connectivity index is 3.26.